The second-order valence-electron chi connectivity index (χ2n) is 0. The summed E-state index contributed by atoms with van der Waals surface area (Å²) in [6.07, 6.45) is 0. The molecule has 0 rings (SSSR count). The van der Waals surface area contributed by atoms with Crippen LogP contribution in [0.2, 0.25) is 0 Å². The van der Waals surface area contributed by atoms with Gasteiger partial charge in [-0.15, -0.1) is 0 Å². The third-order valence-corrected chi connectivity index (χ3v) is 0. The van der Waals surface area contributed by atoms with E-state index in [2.05, 4.69) is 0 Å². The van der Waals surface area contributed by atoms with E-state index in [0.29, 0.717) is 0 Å². The summed E-state index contributed by atoms with van der Waals surface area (Å²) in [7, 11) is 0. The van der Waals surface area contributed by atoms with Crippen molar-refractivity contribution in [2.75, 3.05) is 0 Å². The van der Waals surface area contributed by atoms with Gasteiger partial charge in [0.1, 0.15) is 0 Å². The van der Waals surface area contributed by atoms with Crippen LogP contribution in [0, 0.1) is 0 Å². The van der Waals surface area contributed by atoms with Gasteiger partial charge in [0, 0.05) is 0 Å². The van der Waals surface area contributed by atoms with Crippen molar-refractivity contribution in [3.05, 3.63) is 0 Å². The van der Waals surface area contributed by atoms with Gasteiger partial charge >= 0.3 is 17.1 Å². The van der Waals surface area contributed by atoms with E-state index in [0.717, 1.165) is 0 Å². The molecule has 8 N–H and O–H groups in total. The molecule has 0 aromatic heterocycles. The fourth-order valence-electron chi connectivity index (χ4n) is 0. The molecule has 0 bridgehead atoms. The minimum absolute atomic E-state index is 0. The molecule has 0 heterocycles. The second kappa shape index (κ2) is 3520. The Balaban J connectivity index is 0. The standard InChI is InChI=1S/2FH.Fe.4H2O/h2*1H;;4*1H2/q;;+2;;;;/p-2. The summed E-state index contributed by atoms with van der Waals surface area (Å²) in [5, 5.41) is 0. The molecule has 0 aromatic rings. The summed E-state index contributed by atoms with van der Waals surface area (Å²) in [5.41, 5.74) is 0. The molecule has 54 valence electrons. The van der Waals surface area contributed by atoms with Gasteiger partial charge < -0.3 is 31.3 Å². The Labute approximate surface area is 49.3 Å². The summed E-state index contributed by atoms with van der Waals surface area (Å²) < 4.78 is 0. The van der Waals surface area contributed by atoms with Crippen molar-refractivity contribution in [3.8, 4) is 0 Å². The third-order valence-electron chi connectivity index (χ3n) is 0. The van der Waals surface area contributed by atoms with E-state index in [-0.39, 0.29) is 48.4 Å². The molecule has 0 unspecified atom stereocenters. The van der Waals surface area contributed by atoms with Crippen LogP contribution in [0.3, 0.4) is 0 Å². The van der Waals surface area contributed by atoms with Gasteiger partial charge in [-0.25, -0.2) is 0 Å². The van der Waals surface area contributed by atoms with Gasteiger partial charge in [-0.3, -0.25) is 0 Å². The first kappa shape index (κ1) is 5800. The summed E-state index contributed by atoms with van der Waals surface area (Å²) in [5.74, 6) is 0. The minimum Gasteiger partial charge on any atom is -1.00 e. The van der Waals surface area contributed by atoms with E-state index in [1.54, 1.807) is 0 Å². The van der Waals surface area contributed by atoms with Crippen LogP contribution < -0.4 is 9.41 Å². The zero-order chi connectivity index (χ0) is 0. The van der Waals surface area contributed by atoms with Gasteiger partial charge in [-0.2, -0.15) is 0 Å². The van der Waals surface area contributed by atoms with Crippen molar-refractivity contribution in [3.63, 3.8) is 0 Å². The zero-order valence-corrected chi connectivity index (χ0v) is 4.21. The van der Waals surface area contributed by atoms with Gasteiger partial charge in [0.15, 0.2) is 0 Å². The summed E-state index contributed by atoms with van der Waals surface area (Å²) in [4.78, 5) is 0. The Bertz CT molecular complexity index is 9.65. The molecule has 0 saturated carbocycles. The number of hydrogen-bond donors (Lipinski definition) is 0. The average molecular weight is 166 g/mol. The molecule has 0 spiro atoms. The van der Waals surface area contributed by atoms with Crippen LogP contribution in [-0.4, -0.2) is 21.9 Å². The predicted molar refractivity (Wildman–Crippen MR) is 14.5 cm³/mol. The molecule has 0 saturated heterocycles. The fourth-order valence-corrected chi connectivity index (χ4v) is 0. The third kappa shape index (κ3) is 2300. The molecule has 0 aliphatic carbocycles. The Hall–Kier alpha value is 0.219. The van der Waals surface area contributed by atoms with Crippen molar-refractivity contribution in [1.29, 1.82) is 0 Å². The molecule has 0 aromatic carbocycles. The van der Waals surface area contributed by atoms with Crippen molar-refractivity contribution < 1.29 is 48.4 Å². The van der Waals surface area contributed by atoms with Crippen LogP contribution in [0.4, 0.5) is 0 Å². The van der Waals surface area contributed by atoms with Crippen LogP contribution >= 0.6 is 0 Å². The monoisotopic (exact) mass is 166 g/mol. The second-order valence-corrected chi connectivity index (χ2v) is 0. The van der Waals surface area contributed by atoms with E-state index in [4.69, 9.17) is 0 Å². The van der Waals surface area contributed by atoms with Crippen molar-refractivity contribution in [1.82, 2.24) is 0 Å². The quantitative estimate of drug-likeness (QED) is 0.316. The average Bonchev–Trinajstić information content (AvgIpc) is 0. The first-order valence-corrected chi connectivity index (χ1v) is 0. The molecule has 0 radical (unpaired) electrons. The van der Waals surface area contributed by atoms with Crippen LogP contribution in [0.25, 0.3) is 0 Å². The van der Waals surface area contributed by atoms with E-state index in [9.17, 15) is 0 Å². The van der Waals surface area contributed by atoms with Crippen LogP contribution in [0.5, 0.6) is 0 Å². The van der Waals surface area contributed by atoms with E-state index in [1.807, 2.05) is 0 Å². The van der Waals surface area contributed by atoms with Gasteiger partial charge in [-0.1, -0.05) is 0 Å². The number of hydrogen-bond acceptors (Lipinski definition) is 0. The van der Waals surface area contributed by atoms with E-state index >= 15 is 0 Å². The van der Waals surface area contributed by atoms with Gasteiger partial charge in [0.2, 0.25) is 0 Å². The smallest absolute Gasteiger partial charge is 1.00 e. The SMILES string of the molecule is O.O.O.O.[F-].[F-].[Fe+2]. The van der Waals surface area contributed by atoms with E-state index in [1.165, 1.54) is 0 Å². The van der Waals surface area contributed by atoms with Gasteiger partial charge in [-0.05, 0) is 0 Å². The van der Waals surface area contributed by atoms with E-state index < -0.39 is 0 Å². The molecule has 0 aliphatic heterocycles. The predicted octanol–water partition coefficient (Wildman–Crippen LogP) is -9.29. The van der Waals surface area contributed by atoms with Gasteiger partial charge in [0.05, 0.1) is 0 Å². The summed E-state index contributed by atoms with van der Waals surface area (Å²) >= 11 is 0. The molecule has 0 aliphatic rings. The maximum absolute atomic E-state index is 0. The van der Waals surface area contributed by atoms with Crippen LogP contribution in [-0.2, 0) is 17.1 Å². The fraction of sp³-hybridized carbons (Fsp3) is 0. The summed E-state index contributed by atoms with van der Waals surface area (Å²) in [6.45, 7) is 0. The van der Waals surface area contributed by atoms with Crippen molar-refractivity contribution in [2.45, 2.75) is 0 Å². The Morgan fingerprint density at radius 2 is 0.429 bits per heavy atom. The molecular weight excluding hydrogens is 158 g/mol. The minimum atomic E-state index is 0. The van der Waals surface area contributed by atoms with Crippen LogP contribution in [0.15, 0.2) is 0 Å². The Morgan fingerprint density at radius 3 is 0.429 bits per heavy atom. The van der Waals surface area contributed by atoms with Crippen molar-refractivity contribution >= 4 is 0 Å². The normalized spacial score (nSPS) is 0. The largest absolute Gasteiger partial charge is 2.00 e. The molecule has 7 heavy (non-hydrogen) atoms. The Kier molecular flexibility index (Phi) is 2910000. The zero-order valence-electron chi connectivity index (χ0n) is 3.11. The molecular formula is H8F2FeO4. The van der Waals surface area contributed by atoms with Crippen LogP contribution in [0.1, 0.15) is 0 Å². The maximum Gasteiger partial charge on any atom is 2.00 e. The topological polar surface area (TPSA) is 126 Å². The number of halogens is 2. The first-order chi connectivity index (χ1) is 0. The molecule has 7 heteroatoms. The first-order valence-electron chi connectivity index (χ1n) is 0. The number of rotatable bonds is 0. The van der Waals surface area contributed by atoms with Crippen molar-refractivity contribution in [2.24, 2.45) is 0 Å². The maximum atomic E-state index is 0. The van der Waals surface area contributed by atoms with Gasteiger partial charge in [0.25, 0.3) is 0 Å². The molecule has 4 nitrogen and oxygen atoms in total. The molecule has 0 atom stereocenters. The Morgan fingerprint density at radius 1 is 0.429 bits per heavy atom. The summed E-state index contributed by atoms with van der Waals surface area (Å²) in [6, 6.07) is 0. The molecule has 0 fully saturated rings. The molecule has 0 amide bonds.